The maximum Gasteiger partial charge on any atom is 0.347 e. The Morgan fingerprint density at radius 3 is 2.72 bits per heavy atom. The summed E-state index contributed by atoms with van der Waals surface area (Å²) in [4.78, 5) is 24.7. The molecule has 0 saturated heterocycles. The van der Waals surface area contributed by atoms with Crippen LogP contribution >= 0.6 is 0 Å². The van der Waals surface area contributed by atoms with Crippen molar-refractivity contribution in [1.82, 2.24) is 0 Å². The third-order valence-electron chi connectivity index (χ3n) is 4.62. The summed E-state index contributed by atoms with van der Waals surface area (Å²) < 4.78 is 11.3. The molecule has 1 aromatic rings. The smallest absolute Gasteiger partial charge is 0.347 e. The predicted molar refractivity (Wildman–Crippen MR) is 98.1 cm³/mol. The molecule has 1 heterocycles. The van der Waals surface area contributed by atoms with Crippen LogP contribution in [-0.4, -0.2) is 24.0 Å². The van der Waals surface area contributed by atoms with E-state index in [0.717, 1.165) is 30.4 Å². The van der Waals surface area contributed by atoms with E-state index in [9.17, 15) is 9.59 Å². The fraction of sp³-hybridized carbons (Fsp3) is 0.524. The predicted octanol–water partition coefficient (Wildman–Crippen LogP) is 4.57. The highest BCUT2D eigenvalue weighted by molar-refractivity contribution is 6.09. The minimum absolute atomic E-state index is 0.0398. The van der Waals surface area contributed by atoms with Crippen molar-refractivity contribution >= 4 is 11.8 Å². The molecule has 0 aromatic heterocycles. The molecule has 2 atom stereocenters. The van der Waals surface area contributed by atoms with Gasteiger partial charge in [-0.05, 0) is 55.5 Å². The van der Waals surface area contributed by atoms with Crippen molar-refractivity contribution in [2.24, 2.45) is 0 Å². The zero-order chi connectivity index (χ0) is 18.6. The Balaban J connectivity index is 2.08. The Morgan fingerprint density at radius 1 is 1.36 bits per heavy atom. The van der Waals surface area contributed by atoms with E-state index in [0.29, 0.717) is 29.7 Å². The average molecular weight is 344 g/mol. The van der Waals surface area contributed by atoms with Gasteiger partial charge >= 0.3 is 5.97 Å². The third-order valence-corrected chi connectivity index (χ3v) is 4.62. The lowest BCUT2D eigenvalue weighted by Gasteiger charge is -2.16. The van der Waals surface area contributed by atoms with Crippen molar-refractivity contribution in [2.75, 3.05) is 0 Å². The van der Waals surface area contributed by atoms with Gasteiger partial charge in [-0.2, -0.15) is 0 Å². The van der Waals surface area contributed by atoms with Gasteiger partial charge in [-0.1, -0.05) is 33.3 Å². The number of hydrogen-bond acceptors (Lipinski definition) is 4. The van der Waals surface area contributed by atoms with Crippen molar-refractivity contribution in [2.45, 2.75) is 72.0 Å². The quantitative estimate of drug-likeness (QED) is 0.394. The summed E-state index contributed by atoms with van der Waals surface area (Å²) in [6, 6.07) is 3.67. The molecular formula is C21H28O4. The molecule has 0 radical (unpaired) electrons. The number of unbranched alkanes of at least 4 members (excludes halogenated alkanes) is 1. The van der Waals surface area contributed by atoms with Gasteiger partial charge < -0.3 is 9.47 Å². The Labute approximate surface area is 150 Å². The SMILES string of the molecule is C=C(CC)C(=O)c1cc2c(cc1C)OC(C(=O)OC(C)CCCC)C2. The molecule has 0 spiro atoms. The van der Waals surface area contributed by atoms with Gasteiger partial charge in [0.1, 0.15) is 5.75 Å². The highest BCUT2D eigenvalue weighted by Crippen LogP contribution is 2.33. The van der Waals surface area contributed by atoms with Crippen molar-refractivity contribution in [3.8, 4) is 5.75 Å². The Kier molecular flexibility index (Phi) is 6.40. The molecule has 1 aromatic carbocycles. The molecule has 0 fully saturated rings. The van der Waals surface area contributed by atoms with Crippen molar-refractivity contribution in [3.63, 3.8) is 0 Å². The van der Waals surface area contributed by atoms with Crippen LogP contribution in [0.4, 0.5) is 0 Å². The number of Topliss-reactive ketones (excluding diaryl/α,β-unsaturated/α-hetero) is 1. The van der Waals surface area contributed by atoms with Gasteiger partial charge in [0.2, 0.25) is 0 Å². The molecule has 2 unspecified atom stereocenters. The molecule has 0 N–H and O–H groups in total. The first-order chi connectivity index (χ1) is 11.9. The molecule has 0 saturated carbocycles. The molecule has 25 heavy (non-hydrogen) atoms. The van der Waals surface area contributed by atoms with Gasteiger partial charge in [0.15, 0.2) is 11.9 Å². The van der Waals surface area contributed by atoms with Gasteiger partial charge in [0.05, 0.1) is 6.10 Å². The number of carbonyl (C=O) groups excluding carboxylic acids is 2. The summed E-state index contributed by atoms with van der Waals surface area (Å²) in [5, 5.41) is 0. The molecule has 1 aliphatic rings. The number of ether oxygens (including phenoxy) is 2. The summed E-state index contributed by atoms with van der Waals surface area (Å²) in [6.45, 7) is 11.6. The van der Waals surface area contributed by atoms with Crippen LogP contribution in [-0.2, 0) is 16.0 Å². The first-order valence-corrected chi connectivity index (χ1v) is 9.10. The topological polar surface area (TPSA) is 52.6 Å². The second-order valence-corrected chi connectivity index (χ2v) is 6.76. The first kappa shape index (κ1) is 19.2. The fourth-order valence-electron chi connectivity index (χ4n) is 2.94. The van der Waals surface area contributed by atoms with Crippen LogP contribution in [0, 0.1) is 6.92 Å². The summed E-state index contributed by atoms with van der Waals surface area (Å²) in [7, 11) is 0. The van der Waals surface area contributed by atoms with Gasteiger partial charge in [-0.25, -0.2) is 4.79 Å². The van der Waals surface area contributed by atoms with Crippen molar-refractivity contribution in [1.29, 1.82) is 0 Å². The van der Waals surface area contributed by atoms with Crippen molar-refractivity contribution in [3.05, 3.63) is 41.0 Å². The molecule has 0 aliphatic carbocycles. The number of ketones is 1. The van der Waals surface area contributed by atoms with Gasteiger partial charge in [-0.3, -0.25) is 4.79 Å². The van der Waals surface area contributed by atoms with E-state index < -0.39 is 6.10 Å². The number of allylic oxidation sites excluding steroid dienone is 1. The van der Waals surface area contributed by atoms with Crippen LogP contribution < -0.4 is 4.74 Å². The lowest BCUT2D eigenvalue weighted by Crippen LogP contribution is -2.30. The highest BCUT2D eigenvalue weighted by atomic mass is 16.6. The number of aryl methyl sites for hydroxylation is 1. The number of hydrogen-bond donors (Lipinski definition) is 0. The molecular weight excluding hydrogens is 316 g/mol. The number of fused-ring (bicyclic) bond motifs is 1. The lowest BCUT2D eigenvalue weighted by atomic mass is 9.95. The van der Waals surface area contributed by atoms with E-state index >= 15 is 0 Å². The van der Waals surface area contributed by atoms with Gasteiger partial charge in [0.25, 0.3) is 0 Å². The van der Waals surface area contributed by atoms with E-state index in [4.69, 9.17) is 9.47 Å². The molecule has 136 valence electrons. The van der Waals surface area contributed by atoms with E-state index in [1.165, 1.54) is 0 Å². The zero-order valence-corrected chi connectivity index (χ0v) is 15.7. The van der Waals surface area contributed by atoms with Crippen LogP contribution in [0.15, 0.2) is 24.3 Å². The summed E-state index contributed by atoms with van der Waals surface area (Å²) in [5.74, 6) is 0.296. The van der Waals surface area contributed by atoms with Crippen LogP contribution in [0.25, 0.3) is 0 Å². The molecule has 4 heteroatoms. The van der Waals surface area contributed by atoms with Crippen molar-refractivity contribution < 1.29 is 19.1 Å². The lowest BCUT2D eigenvalue weighted by molar-refractivity contribution is -0.156. The van der Waals surface area contributed by atoms with E-state index in [-0.39, 0.29) is 17.9 Å². The highest BCUT2D eigenvalue weighted by Gasteiger charge is 2.32. The Bertz CT molecular complexity index is 675. The summed E-state index contributed by atoms with van der Waals surface area (Å²) in [6.07, 6.45) is 3.30. The van der Waals surface area contributed by atoms with Gasteiger partial charge in [0, 0.05) is 12.0 Å². The van der Waals surface area contributed by atoms with Crippen LogP contribution in [0.3, 0.4) is 0 Å². The number of benzene rings is 1. The Morgan fingerprint density at radius 2 is 2.08 bits per heavy atom. The minimum Gasteiger partial charge on any atom is -0.478 e. The number of carbonyl (C=O) groups is 2. The molecule has 2 rings (SSSR count). The standard InChI is InChI=1S/C21H28O4/c1-6-8-9-15(5)24-21(23)19-12-16-11-17(20(22)13(3)7-2)14(4)10-18(16)25-19/h10-11,15,19H,3,6-9,12H2,1-2,4-5H3. The van der Waals surface area contributed by atoms with Crippen LogP contribution in [0.2, 0.25) is 0 Å². The number of esters is 1. The monoisotopic (exact) mass is 344 g/mol. The van der Waals surface area contributed by atoms with Crippen LogP contribution in [0.5, 0.6) is 5.75 Å². The second-order valence-electron chi connectivity index (χ2n) is 6.76. The summed E-state index contributed by atoms with van der Waals surface area (Å²) in [5.41, 5.74) is 2.94. The molecule has 4 nitrogen and oxygen atoms in total. The maximum atomic E-state index is 12.4. The average Bonchev–Trinajstić information content (AvgIpc) is 3.00. The van der Waals surface area contributed by atoms with Gasteiger partial charge in [-0.15, -0.1) is 0 Å². The summed E-state index contributed by atoms with van der Waals surface area (Å²) >= 11 is 0. The normalized spacial score (nSPS) is 16.7. The maximum absolute atomic E-state index is 12.4. The minimum atomic E-state index is -0.627. The molecule has 1 aliphatic heterocycles. The zero-order valence-electron chi connectivity index (χ0n) is 15.7. The van der Waals surface area contributed by atoms with Crippen LogP contribution in [0.1, 0.15) is 67.9 Å². The third kappa shape index (κ3) is 4.50. The second kappa shape index (κ2) is 8.32. The molecule has 0 amide bonds. The van der Waals surface area contributed by atoms with E-state index in [2.05, 4.69) is 13.5 Å². The van der Waals surface area contributed by atoms with E-state index in [1.54, 1.807) is 0 Å². The number of rotatable bonds is 8. The Hall–Kier alpha value is -2.10. The first-order valence-electron chi connectivity index (χ1n) is 9.10. The van der Waals surface area contributed by atoms with E-state index in [1.807, 2.05) is 32.9 Å². The molecule has 0 bridgehead atoms. The largest absolute Gasteiger partial charge is 0.478 e. The fourth-order valence-corrected chi connectivity index (χ4v) is 2.94.